The summed E-state index contributed by atoms with van der Waals surface area (Å²) in [6, 6.07) is 0. The van der Waals surface area contributed by atoms with E-state index in [1.54, 1.807) is 0 Å². The molecule has 1 nitrogen and oxygen atoms in total. The van der Waals surface area contributed by atoms with E-state index in [2.05, 4.69) is 15.9 Å². The summed E-state index contributed by atoms with van der Waals surface area (Å²) >= 11 is 3.21. The molecule has 0 unspecified atom stereocenters. The molecule has 0 heterocycles. The first-order chi connectivity index (χ1) is 2.91. The average molecular weight is 152 g/mol. The lowest BCUT2D eigenvalue weighted by Crippen LogP contribution is -1.78. The van der Waals surface area contributed by atoms with Gasteiger partial charge in [0.1, 0.15) is 0 Å². The predicted octanol–water partition coefficient (Wildman–Crippen LogP) is 1.59. The van der Waals surface area contributed by atoms with Crippen LogP contribution in [0.1, 0.15) is 12.8 Å². The van der Waals surface area contributed by atoms with Crippen molar-refractivity contribution in [1.82, 2.24) is 0 Å². The summed E-state index contributed by atoms with van der Waals surface area (Å²) in [6.45, 7) is 0.0750. The lowest BCUT2D eigenvalue weighted by atomic mass is 10.4. The molecule has 37 valence electrons. The van der Waals surface area contributed by atoms with E-state index in [1.165, 1.54) is 0 Å². The van der Waals surface area contributed by atoms with Crippen molar-refractivity contribution >= 4 is 15.9 Å². The summed E-state index contributed by atoms with van der Waals surface area (Å²) in [5.41, 5.74) is 0. The van der Waals surface area contributed by atoms with E-state index in [4.69, 9.17) is 0 Å². The van der Waals surface area contributed by atoms with Crippen molar-refractivity contribution in [2.24, 2.45) is 0 Å². The van der Waals surface area contributed by atoms with Crippen LogP contribution in [0.3, 0.4) is 0 Å². The second-order valence-corrected chi connectivity index (χ2v) is 1.89. The first kappa shape index (κ1) is 6.44. The van der Waals surface area contributed by atoms with Crippen molar-refractivity contribution in [1.29, 1.82) is 0 Å². The van der Waals surface area contributed by atoms with Gasteiger partial charge in [0.15, 0.2) is 0 Å². The predicted molar refractivity (Wildman–Crippen MR) is 28.6 cm³/mol. The molecule has 0 amide bonds. The minimum absolute atomic E-state index is 0.0750. The minimum atomic E-state index is 0.0750. The van der Waals surface area contributed by atoms with Crippen molar-refractivity contribution in [2.75, 3.05) is 11.9 Å². The molecule has 0 N–H and O–H groups in total. The third-order valence-electron chi connectivity index (χ3n) is 0.528. The molecule has 0 saturated heterocycles. The van der Waals surface area contributed by atoms with Gasteiger partial charge in [-0.3, -0.25) is 0 Å². The molecule has 0 aliphatic carbocycles. The second kappa shape index (κ2) is 5.44. The summed E-state index contributed by atoms with van der Waals surface area (Å²) in [6.07, 6.45) is 1.83. The standard InChI is InChI=1S/C4H8BrO/c5-3-1-2-4-6/h1-4H2. The fourth-order valence-electron chi connectivity index (χ4n) is 0.197. The number of rotatable bonds is 3. The van der Waals surface area contributed by atoms with E-state index >= 15 is 0 Å². The van der Waals surface area contributed by atoms with Crippen LogP contribution in [-0.2, 0) is 5.11 Å². The molecule has 0 aromatic carbocycles. The summed E-state index contributed by atoms with van der Waals surface area (Å²) in [7, 11) is 0. The van der Waals surface area contributed by atoms with Crippen LogP contribution in [0.2, 0.25) is 0 Å². The minimum Gasteiger partial charge on any atom is -0.237 e. The first-order valence-corrected chi connectivity index (χ1v) is 3.18. The Kier molecular flexibility index (Phi) is 5.84. The number of hydrogen-bond acceptors (Lipinski definition) is 0. The highest BCUT2D eigenvalue weighted by Gasteiger charge is 1.79. The maximum Gasteiger partial charge on any atom is 0.0822 e. The molecule has 0 aromatic heterocycles. The van der Waals surface area contributed by atoms with E-state index in [-0.39, 0.29) is 6.61 Å². The van der Waals surface area contributed by atoms with Crippen LogP contribution in [0, 0.1) is 0 Å². The maximum atomic E-state index is 9.67. The van der Waals surface area contributed by atoms with Gasteiger partial charge < -0.3 is 0 Å². The van der Waals surface area contributed by atoms with E-state index in [0.717, 1.165) is 18.2 Å². The van der Waals surface area contributed by atoms with Crippen molar-refractivity contribution < 1.29 is 5.11 Å². The van der Waals surface area contributed by atoms with E-state index in [0.29, 0.717) is 0 Å². The lowest BCUT2D eigenvalue weighted by molar-refractivity contribution is 0.188. The molecule has 0 atom stereocenters. The smallest absolute Gasteiger partial charge is 0.0822 e. The average Bonchev–Trinajstić information content (AvgIpc) is 1.61. The van der Waals surface area contributed by atoms with Gasteiger partial charge in [-0.2, -0.15) is 0 Å². The van der Waals surface area contributed by atoms with Gasteiger partial charge in [0, 0.05) is 5.33 Å². The van der Waals surface area contributed by atoms with Gasteiger partial charge >= 0.3 is 0 Å². The molecule has 0 aliphatic heterocycles. The second-order valence-electron chi connectivity index (χ2n) is 1.10. The Labute approximate surface area is 46.5 Å². The van der Waals surface area contributed by atoms with Gasteiger partial charge in [0.05, 0.1) is 6.61 Å². The van der Waals surface area contributed by atoms with Gasteiger partial charge in [-0.25, -0.2) is 5.11 Å². The number of alkyl halides is 1. The Balaban J connectivity index is 2.34. The summed E-state index contributed by atoms with van der Waals surface area (Å²) in [5.74, 6) is 0. The van der Waals surface area contributed by atoms with Crippen molar-refractivity contribution in [2.45, 2.75) is 12.8 Å². The molecule has 0 rings (SSSR count). The third-order valence-corrected chi connectivity index (χ3v) is 1.09. The monoisotopic (exact) mass is 151 g/mol. The van der Waals surface area contributed by atoms with Crippen LogP contribution in [0.5, 0.6) is 0 Å². The lowest BCUT2D eigenvalue weighted by Gasteiger charge is -1.82. The van der Waals surface area contributed by atoms with Gasteiger partial charge in [0.2, 0.25) is 0 Å². The Morgan fingerprint density at radius 2 is 2.00 bits per heavy atom. The first-order valence-electron chi connectivity index (χ1n) is 2.06. The summed E-state index contributed by atoms with van der Waals surface area (Å²) in [5, 5.41) is 10.6. The van der Waals surface area contributed by atoms with Gasteiger partial charge in [-0.15, -0.1) is 0 Å². The third kappa shape index (κ3) is 4.44. The van der Waals surface area contributed by atoms with Crippen LogP contribution < -0.4 is 0 Å². The molecular weight excluding hydrogens is 144 g/mol. The van der Waals surface area contributed by atoms with Gasteiger partial charge in [-0.1, -0.05) is 15.9 Å². The molecule has 2 heteroatoms. The molecule has 0 spiro atoms. The van der Waals surface area contributed by atoms with Crippen molar-refractivity contribution in [3.63, 3.8) is 0 Å². The zero-order valence-corrected chi connectivity index (χ0v) is 5.20. The Hall–Kier alpha value is 0.440. The fourth-order valence-corrected chi connectivity index (χ4v) is 0.593. The van der Waals surface area contributed by atoms with Crippen molar-refractivity contribution in [3.8, 4) is 0 Å². The zero-order valence-electron chi connectivity index (χ0n) is 3.61. The van der Waals surface area contributed by atoms with Gasteiger partial charge in [-0.05, 0) is 12.8 Å². The van der Waals surface area contributed by atoms with Crippen LogP contribution in [0.25, 0.3) is 0 Å². The Morgan fingerprint density at radius 3 is 2.17 bits per heavy atom. The molecule has 0 aromatic rings. The highest BCUT2D eigenvalue weighted by molar-refractivity contribution is 9.09. The molecular formula is C4H8BrO. The molecule has 1 radical (unpaired) electrons. The summed E-state index contributed by atoms with van der Waals surface area (Å²) in [4.78, 5) is 0. The molecule has 0 saturated carbocycles. The van der Waals surface area contributed by atoms with E-state index in [9.17, 15) is 5.11 Å². The Morgan fingerprint density at radius 1 is 1.33 bits per heavy atom. The van der Waals surface area contributed by atoms with Crippen LogP contribution in [0.15, 0.2) is 0 Å². The number of halogens is 1. The largest absolute Gasteiger partial charge is 0.237 e. The highest BCUT2D eigenvalue weighted by atomic mass is 79.9. The highest BCUT2D eigenvalue weighted by Crippen LogP contribution is 1.90. The topological polar surface area (TPSA) is 19.9 Å². The molecule has 0 fully saturated rings. The van der Waals surface area contributed by atoms with Crippen molar-refractivity contribution in [3.05, 3.63) is 0 Å². The normalized spacial score (nSPS) is 9.00. The van der Waals surface area contributed by atoms with E-state index in [1.807, 2.05) is 0 Å². The number of hydrogen-bond donors (Lipinski definition) is 0. The SMILES string of the molecule is [O]CCCCBr. The van der Waals surface area contributed by atoms with Crippen LogP contribution >= 0.6 is 15.9 Å². The molecule has 0 aliphatic rings. The summed E-state index contributed by atoms with van der Waals surface area (Å²) < 4.78 is 0. The van der Waals surface area contributed by atoms with Gasteiger partial charge in [0.25, 0.3) is 0 Å². The molecule has 0 bridgehead atoms. The number of unbranched alkanes of at least 4 members (excludes halogenated alkanes) is 1. The quantitative estimate of drug-likeness (QED) is 0.432. The maximum absolute atomic E-state index is 9.67. The van der Waals surface area contributed by atoms with Crippen LogP contribution in [0.4, 0.5) is 0 Å². The van der Waals surface area contributed by atoms with E-state index < -0.39 is 0 Å². The zero-order chi connectivity index (χ0) is 4.83. The fraction of sp³-hybridized carbons (Fsp3) is 1.00. The van der Waals surface area contributed by atoms with Crippen LogP contribution in [-0.4, -0.2) is 11.9 Å². The Bertz CT molecular complexity index is 19.5. The molecule has 6 heavy (non-hydrogen) atoms.